The van der Waals surface area contributed by atoms with Crippen LogP contribution in [0.5, 0.6) is 0 Å². The molecule has 0 saturated carbocycles. The third-order valence-electron chi connectivity index (χ3n) is 2.67. The molecule has 0 fully saturated rings. The Balaban J connectivity index is 2.12. The molecule has 1 aromatic carbocycles. The highest BCUT2D eigenvalue weighted by molar-refractivity contribution is 6.33. The molecule has 1 heterocycles. The van der Waals surface area contributed by atoms with Gasteiger partial charge < -0.3 is 9.52 Å². The van der Waals surface area contributed by atoms with Crippen LogP contribution >= 0.6 is 11.6 Å². The van der Waals surface area contributed by atoms with E-state index in [2.05, 4.69) is 10.2 Å². The molecule has 2 rings (SSSR count). The number of carbonyl (C=O) groups is 1. The summed E-state index contributed by atoms with van der Waals surface area (Å²) in [6, 6.07) is 5.57. The molecule has 0 saturated heterocycles. The van der Waals surface area contributed by atoms with E-state index in [1.165, 1.54) is 0 Å². The van der Waals surface area contributed by atoms with Gasteiger partial charge in [0.25, 0.3) is 0 Å². The van der Waals surface area contributed by atoms with Crippen LogP contribution in [-0.2, 0) is 11.2 Å². The van der Waals surface area contributed by atoms with E-state index in [1.807, 2.05) is 25.1 Å². The number of aryl methyl sites for hydroxylation is 2. The maximum absolute atomic E-state index is 10.4. The lowest BCUT2D eigenvalue weighted by atomic mass is 10.1. The van der Waals surface area contributed by atoms with Gasteiger partial charge in [-0.05, 0) is 25.0 Å². The van der Waals surface area contributed by atoms with Crippen LogP contribution in [0.2, 0.25) is 5.02 Å². The molecular weight excluding hydrogens is 268 g/mol. The average Bonchev–Trinajstić information content (AvgIpc) is 2.81. The predicted molar refractivity (Wildman–Crippen MR) is 70.1 cm³/mol. The molecule has 0 aliphatic heterocycles. The highest BCUT2D eigenvalue weighted by atomic mass is 35.5. The van der Waals surface area contributed by atoms with Gasteiger partial charge in [-0.15, -0.1) is 10.2 Å². The topological polar surface area (TPSA) is 76.2 Å². The minimum atomic E-state index is -0.832. The van der Waals surface area contributed by atoms with Crippen molar-refractivity contribution < 1.29 is 14.3 Å². The zero-order chi connectivity index (χ0) is 13.8. The van der Waals surface area contributed by atoms with Crippen LogP contribution in [0.15, 0.2) is 22.6 Å². The van der Waals surface area contributed by atoms with E-state index in [9.17, 15) is 4.79 Å². The Morgan fingerprint density at radius 1 is 1.42 bits per heavy atom. The van der Waals surface area contributed by atoms with E-state index >= 15 is 0 Å². The molecule has 6 heteroatoms. The number of carboxylic acid groups (broad SMARTS) is 1. The first kappa shape index (κ1) is 13.5. The smallest absolute Gasteiger partial charge is 0.303 e. The fourth-order valence-electron chi connectivity index (χ4n) is 1.67. The van der Waals surface area contributed by atoms with Crippen molar-refractivity contribution in [3.63, 3.8) is 0 Å². The van der Waals surface area contributed by atoms with E-state index in [-0.39, 0.29) is 6.42 Å². The number of rotatable bonds is 5. The summed E-state index contributed by atoms with van der Waals surface area (Å²) in [5.74, 6) is -0.0469. The third kappa shape index (κ3) is 3.32. The van der Waals surface area contributed by atoms with E-state index in [4.69, 9.17) is 21.1 Å². The van der Waals surface area contributed by atoms with Gasteiger partial charge in [0.2, 0.25) is 11.8 Å². The second-order valence-electron chi connectivity index (χ2n) is 4.18. The monoisotopic (exact) mass is 280 g/mol. The molecule has 1 aromatic heterocycles. The van der Waals surface area contributed by atoms with Crippen LogP contribution in [0.3, 0.4) is 0 Å². The van der Waals surface area contributed by atoms with Gasteiger partial charge >= 0.3 is 5.97 Å². The van der Waals surface area contributed by atoms with Crippen molar-refractivity contribution in [1.29, 1.82) is 0 Å². The molecule has 1 N–H and O–H groups in total. The lowest BCUT2D eigenvalue weighted by Gasteiger charge is -2.01. The number of nitrogens with zero attached hydrogens (tertiary/aromatic N) is 2. The fraction of sp³-hybridized carbons (Fsp3) is 0.308. The van der Waals surface area contributed by atoms with Gasteiger partial charge in [0.1, 0.15) is 0 Å². The molecule has 100 valence electrons. The van der Waals surface area contributed by atoms with Crippen molar-refractivity contribution in [3.05, 3.63) is 34.7 Å². The standard InChI is InChI=1S/C13H13ClN2O3/c1-8-4-2-5-9(12(8)14)13-16-15-10(19-13)6-3-7-11(17)18/h2,4-5H,3,6-7H2,1H3,(H,17,18). The minimum absolute atomic E-state index is 0.0862. The first-order chi connectivity index (χ1) is 9.08. The fourth-order valence-corrected chi connectivity index (χ4v) is 1.87. The molecule has 0 amide bonds. The Morgan fingerprint density at radius 2 is 2.21 bits per heavy atom. The Bertz CT molecular complexity index is 595. The van der Waals surface area contributed by atoms with Crippen molar-refractivity contribution in [2.45, 2.75) is 26.2 Å². The van der Waals surface area contributed by atoms with Crippen molar-refractivity contribution in [1.82, 2.24) is 10.2 Å². The summed E-state index contributed by atoms with van der Waals surface area (Å²) in [6.07, 6.45) is 1.00. The van der Waals surface area contributed by atoms with Crippen LogP contribution in [0.4, 0.5) is 0 Å². The number of hydrogen-bond donors (Lipinski definition) is 1. The molecule has 0 unspecified atom stereocenters. The molecule has 0 radical (unpaired) electrons. The molecule has 0 bridgehead atoms. The Hall–Kier alpha value is -1.88. The number of hydrogen-bond acceptors (Lipinski definition) is 4. The largest absolute Gasteiger partial charge is 0.481 e. The summed E-state index contributed by atoms with van der Waals surface area (Å²) in [5.41, 5.74) is 1.63. The summed E-state index contributed by atoms with van der Waals surface area (Å²) in [5, 5.41) is 17.0. The third-order valence-corrected chi connectivity index (χ3v) is 3.17. The maximum atomic E-state index is 10.4. The van der Waals surface area contributed by atoms with Crippen molar-refractivity contribution in [2.75, 3.05) is 0 Å². The zero-order valence-corrected chi connectivity index (χ0v) is 11.1. The molecule has 2 aromatic rings. The second-order valence-corrected chi connectivity index (χ2v) is 4.56. The Morgan fingerprint density at radius 3 is 2.95 bits per heavy atom. The molecule has 0 aliphatic rings. The normalized spacial score (nSPS) is 10.6. The Kier molecular flexibility index (Phi) is 4.16. The highest BCUT2D eigenvalue weighted by Crippen LogP contribution is 2.29. The zero-order valence-electron chi connectivity index (χ0n) is 10.4. The van der Waals surface area contributed by atoms with Crippen molar-refractivity contribution >= 4 is 17.6 Å². The summed E-state index contributed by atoms with van der Waals surface area (Å²) < 4.78 is 5.49. The second kappa shape index (κ2) is 5.84. The molecule has 19 heavy (non-hydrogen) atoms. The lowest BCUT2D eigenvalue weighted by molar-refractivity contribution is -0.137. The van der Waals surface area contributed by atoms with E-state index in [1.54, 1.807) is 0 Å². The van der Waals surface area contributed by atoms with Gasteiger partial charge in [0, 0.05) is 12.8 Å². The van der Waals surface area contributed by atoms with Crippen LogP contribution in [0, 0.1) is 6.92 Å². The average molecular weight is 281 g/mol. The SMILES string of the molecule is Cc1cccc(-c2nnc(CCCC(=O)O)o2)c1Cl. The van der Waals surface area contributed by atoms with Crippen LogP contribution < -0.4 is 0 Å². The van der Waals surface area contributed by atoms with Crippen molar-refractivity contribution in [2.24, 2.45) is 0 Å². The highest BCUT2D eigenvalue weighted by Gasteiger charge is 2.13. The van der Waals surface area contributed by atoms with E-state index < -0.39 is 5.97 Å². The van der Waals surface area contributed by atoms with Crippen LogP contribution in [0.1, 0.15) is 24.3 Å². The van der Waals surface area contributed by atoms with Gasteiger partial charge in [-0.2, -0.15) is 0 Å². The lowest BCUT2D eigenvalue weighted by Crippen LogP contribution is -1.95. The molecular formula is C13H13ClN2O3. The van der Waals surface area contributed by atoms with Gasteiger partial charge in [-0.25, -0.2) is 0 Å². The molecule has 0 spiro atoms. The van der Waals surface area contributed by atoms with Gasteiger partial charge in [-0.1, -0.05) is 23.7 Å². The quantitative estimate of drug-likeness (QED) is 0.910. The molecule has 0 aliphatic carbocycles. The number of aromatic nitrogens is 2. The number of carboxylic acids is 1. The minimum Gasteiger partial charge on any atom is -0.481 e. The molecule has 0 atom stereocenters. The van der Waals surface area contributed by atoms with Gasteiger partial charge in [0.05, 0.1) is 10.6 Å². The molecule has 5 nitrogen and oxygen atoms in total. The summed E-state index contributed by atoms with van der Waals surface area (Å²) in [4.78, 5) is 10.4. The number of benzene rings is 1. The predicted octanol–water partition coefficient (Wildman–Crippen LogP) is 3.11. The van der Waals surface area contributed by atoms with E-state index in [0.29, 0.717) is 35.2 Å². The van der Waals surface area contributed by atoms with Crippen molar-refractivity contribution in [3.8, 4) is 11.5 Å². The summed E-state index contributed by atoms with van der Waals surface area (Å²) in [6.45, 7) is 1.90. The summed E-state index contributed by atoms with van der Waals surface area (Å²) >= 11 is 6.18. The Labute approximate surface area is 115 Å². The first-order valence-electron chi connectivity index (χ1n) is 5.87. The van der Waals surface area contributed by atoms with Crippen LogP contribution in [0.25, 0.3) is 11.5 Å². The van der Waals surface area contributed by atoms with E-state index in [0.717, 1.165) is 5.56 Å². The van der Waals surface area contributed by atoms with Gasteiger partial charge in [-0.3, -0.25) is 4.79 Å². The maximum Gasteiger partial charge on any atom is 0.303 e. The number of aliphatic carboxylic acids is 1. The first-order valence-corrected chi connectivity index (χ1v) is 6.25. The summed E-state index contributed by atoms with van der Waals surface area (Å²) in [7, 11) is 0. The number of halogens is 1. The van der Waals surface area contributed by atoms with Gasteiger partial charge in [0.15, 0.2) is 0 Å². The van der Waals surface area contributed by atoms with Crippen LogP contribution in [-0.4, -0.2) is 21.3 Å².